The van der Waals surface area contributed by atoms with Crippen LogP contribution in [0.1, 0.15) is 17.5 Å². The van der Waals surface area contributed by atoms with Crippen molar-refractivity contribution >= 4 is 17.5 Å². The van der Waals surface area contributed by atoms with Crippen LogP contribution < -0.4 is 10.1 Å². The van der Waals surface area contributed by atoms with Gasteiger partial charge in [-0.1, -0.05) is 48.0 Å². The van der Waals surface area contributed by atoms with E-state index in [2.05, 4.69) is 22.3 Å². The number of carbonyl (C=O) groups is 1. The first kappa shape index (κ1) is 18.3. The molecular weight excluding hydrogens is 364 g/mol. The van der Waals surface area contributed by atoms with Gasteiger partial charge in [0.25, 0.3) is 0 Å². The Balaban J connectivity index is 1.53. The molecule has 0 spiro atoms. The fourth-order valence-corrected chi connectivity index (χ4v) is 4.40. The monoisotopic (exact) mass is 386 g/mol. The van der Waals surface area contributed by atoms with Crippen molar-refractivity contribution < 1.29 is 14.3 Å². The maximum absolute atomic E-state index is 12.1. The molecule has 2 fully saturated rings. The van der Waals surface area contributed by atoms with E-state index in [1.165, 1.54) is 0 Å². The molecule has 2 aromatic rings. The molecular formula is C21H23ClN2O3. The summed E-state index contributed by atoms with van der Waals surface area (Å²) in [6.45, 7) is 2.50. The fourth-order valence-electron chi connectivity index (χ4n) is 4.12. The summed E-state index contributed by atoms with van der Waals surface area (Å²) in [6, 6.07) is 16.0. The number of hydrogen-bond donors (Lipinski definition) is 1. The van der Waals surface area contributed by atoms with Crippen LogP contribution in [0.3, 0.4) is 0 Å². The van der Waals surface area contributed by atoms with Crippen LogP contribution >= 0.6 is 11.6 Å². The number of nitrogens with zero attached hydrogens (tertiary/aromatic N) is 1. The van der Waals surface area contributed by atoms with Gasteiger partial charge in [0.2, 0.25) is 5.91 Å². The molecule has 0 unspecified atom stereocenters. The molecule has 6 heteroatoms. The fraction of sp³-hybridized carbons (Fsp3) is 0.381. The quantitative estimate of drug-likeness (QED) is 0.877. The molecule has 2 heterocycles. The third-order valence-corrected chi connectivity index (χ3v) is 5.78. The van der Waals surface area contributed by atoms with Crippen molar-refractivity contribution in [3.8, 4) is 5.75 Å². The van der Waals surface area contributed by atoms with Gasteiger partial charge in [-0.15, -0.1) is 0 Å². The largest absolute Gasteiger partial charge is 0.495 e. The number of halogens is 1. The zero-order valence-electron chi connectivity index (χ0n) is 15.3. The lowest BCUT2D eigenvalue weighted by molar-refractivity contribution is -0.152. The minimum absolute atomic E-state index is 0.0505. The van der Waals surface area contributed by atoms with Gasteiger partial charge in [0, 0.05) is 19.6 Å². The highest BCUT2D eigenvalue weighted by molar-refractivity contribution is 6.32. The second kappa shape index (κ2) is 7.50. The summed E-state index contributed by atoms with van der Waals surface area (Å²) in [5, 5.41) is 3.85. The van der Waals surface area contributed by atoms with Gasteiger partial charge in [-0.25, -0.2) is 0 Å². The van der Waals surface area contributed by atoms with Gasteiger partial charge >= 0.3 is 0 Å². The molecule has 2 aromatic carbocycles. The average Bonchev–Trinajstić information content (AvgIpc) is 2.69. The van der Waals surface area contributed by atoms with Gasteiger partial charge in [-0.3, -0.25) is 9.69 Å². The minimum atomic E-state index is -0.454. The van der Waals surface area contributed by atoms with Crippen LogP contribution in [0, 0.1) is 0 Å². The number of methoxy groups -OCH3 is 1. The Labute approximate surface area is 164 Å². The van der Waals surface area contributed by atoms with Gasteiger partial charge < -0.3 is 14.8 Å². The molecule has 1 N–H and O–H groups in total. The Bertz CT molecular complexity index is 829. The molecule has 4 rings (SSSR count). The summed E-state index contributed by atoms with van der Waals surface area (Å²) in [4.78, 5) is 14.4. The Morgan fingerprint density at radius 2 is 2.11 bits per heavy atom. The van der Waals surface area contributed by atoms with Crippen LogP contribution in [-0.4, -0.2) is 43.7 Å². The second-order valence-electron chi connectivity index (χ2n) is 7.14. The summed E-state index contributed by atoms with van der Waals surface area (Å²) >= 11 is 6.26. The molecule has 142 valence electrons. The molecule has 2 saturated heterocycles. The normalized spacial score (nSPS) is 25.6. The number of rotatable bonds is 4. The SMILES string of the molecule is COc1ccc(CN2CC[C@@]3(c4ccccc4)NC(=O)CO[C@@H]3C2)cc1Cl. The lowest BCUT2D eigenvalue weighted by Crippen LogP contribution is -2.66. The number of piperidine rings is 1. The van der Waals surface area contributed by atoms with Crippen LogP contribution in [0.15, 0.2) is 48.5 Å². The van der Waals surface area contributed by atoms with Gasteiger partial charge in [0.1, 0.15) is 12.4 Å². The summed E-state index contributed by atoms with van der Waals surface area (Å²) in [7, 11) is 1.61. The van der Waals surface area contributed by atoms with Crippen LogP contribution in [0.25, 0.3) is 0 Å². The lowest BCUT2D eigenvalue weighted by atomic mass is 9.77. The van der Waals surface area contributed by atoms with Gasteiger partial charge in [0.05, 0.1) is 23.8 Å². The van der Waals surface area contributed by atoms with Crippen molar-refractivity contribution in [3.05, 3.63) is 64.7 Å². The number of fused-ring (bicyclic) bond motifs is 1. The standard InChI is InChI=1S/C21H23ClN2O3/c1-26-18-8-7-15(11-17(18)22)12-24-10-9-21(16-5-3-2-4-6-16)19(13-24)27-14-20(25)23-21/h2-8,11,19H,9-10,12-14H2,1H3,(H,23,25)/t19-,21+/m1/s1. The molecule has 5 nitrogen and oxygen atoms in total. The summed E-state index contributed by atoms with van der Waals surface area (Å²) in [6.07, 6.45) is 0.720. The molecule has 0 saturated carbocycles. The molecule has 0 aliphatic carbocycles. The highest BCUT2D eigenvalue weighted by atomic mass is 35.5. The van der Waals surface area contributed by atoms with Crippen LogP contribution in [0.5, 0.6) is 5.75 Å². The zero-order valence-corrected chi connectivity index (χ0v) is 16.0. The van der Waals surface area contributed by atoms with E-state index in [4.69, 9.17) is 21.1 Å². The maximum Gasteiger partial charge on any atom is 0.246 e. The van der Waals surface area contributed by atoms with Crippen molar-refractivity contribution in [2.24, 2.45) is 0 Å². The van der Waals surface area contributed by atoms with E-state index >= 15 is 0 Å². The van der Waals surface area contributed by atoms with Crippen LogP contribution in [0.4, 0.5) is 0 Å². The van der Waals surface area contributed by atoms with Gasteiger partial charge in [0.15, 0.2) is 0 Å². The molecule has 27 heavy (non-hydrogen) atoms. The van der Waals surface area contributed by atoms with Crippen LogP contribution in [0.2, 0.25) is 5.02 Å². The number of hydrogen-bond acceptors (Lipinski definition) is 4. The predicted molar refractivity (Wildman–Crippen MR) is 104 cm³/mol. The molecule has 0 aromatic heterocycles. The topological polar surface area (TPSA) is 50.8 Å². The smallest absolute Gasteiger partial charge is 0.246 e. The first-order valence-corrected chi connectivity index (χ1v) is 9.51. The van der Waals surface area contributed by atoms with E-state index in [9.17, 15) is 4.79 Å². The van der Waals surface area contributed by atoms with Crippen molar-refractivity contribution in [1.82, 2.24) is 10.2 Å². The first-order valence-electron chi connectivity index (χ1n) is 9.13. The van der Waals surface area contributed by atoms with Gasteiger partial charge in [-0.2, -0.15) is 0 Å². The van der Waals surface area contributed by atoms with Crippen molar-refractivity contribution in [2.75, 3.05) is 26.8 Å². The minimum Gasteiger partial charge on any atom is -0.495 e. The number of ether oxygens (including phenoxy) is 2. The van der Waals surface area contributed by atoms with E-state index < -0.39 is 5.54 Å². The number of benzene rings is 2. The molecule has 0 bridgehead atoms. The Hall–Kier alpha value is -2.08. The number of likely N-dealkylation sites (tertiary alicyclic amines) is 1. The summed E-state index contributed by atoms with van der Waals surface area (Å²) < 4.78 is 11.2. The lowest BCUT2D eigenvalue weighted by Gasteiger charge is -2.50. The zero-order chi connectivity index (χ0) is 18.9. The summed E-state index contributed by atoms with van der Waals surface area (Å²) in [5.41, 5.74) is 1.79. The van der Waals surface area contributed by atoms with Gasteiger partial charge in [-0.05, 0) is 29.7 Å². The maximum atomic E-state index is 12.1. The number of morpholine rings is 1. The van der Waals surface area contributed by atoms with Crippen LogP contribution in [-0.2, 0) is 21.6 Å². The van der Waals surface area contributed by atoms with E-state index in [0.29, 0.717) is 10.8 Å². The number of carbonyl (C=O) groups excluding carboxylic acids is 1. The third kappa shape index (κ3) is 3.55. The van der Waals surface area contributed by atoms with Crippen molar-refractivity contribution in [2.45, 2.75) is 24.6 Å². The van der Waals surface area contributed by atoms with E-state index in [-0.39, 0.29) is 18.6 Å². The Morgan fingerprint density at radius 1 is 1.30 bits per heavy atom. The number of amides is 1. The van der Waals surface area contributed by atoms with E-state index in [0.717, 1.165) is 37.2 Å². The highest BCUT2D eigenvalue weighted by Gasteiger charge is 2.48. The second-order valence-corrected chi connectivity index (χ2v) is 7.55. The molecule has 2 aliphatic heterocycles. The van der Waals surface area contributed by atoms with Crippen molar-refractivity contribution in [1.29, 1.82) is 0 Å². The predicted octanol–water partition coefficient (Wildman–Crippen LogP) is 2.96. The Morgan fingerprint density at radius 3 is 2.85 bits per heavy atom. The molecule has 2 aliphatic rings. The number of nitrogens with one attached hydrogen (secondary N) is 1. The first-order chi connectivity index (χ1) is 13.1. The third-order valence-electron chi connectivity index (χ3n) is 5.49. The Kier molecular flexibility index (Phi) is 5.08. The molecule has 2 atom stereocenters. The molecule has 0 radical (unpaired) electrons. The van der Waals surface area contributed by atoms with E-state index in [1.807, 2.05) is 36.4 Å². The average molecular weight is 387 g/mol. The highest BCUT2D eigenvalue weighted by Crippen LogP contribution is 2.37. The summed E-state index contributed by atoms with van der Waals surface area (Å²) in [5.74, 6) is 0.631. The van der Waals surface area contributed by atoms with Crippen molar-refractivity contribution in [3.63, 3.8) is 0 Å². The molecule has 1 amide bonds. The van der Waals surface area contributed by atoms with E-state index in [1.54, 1.807) is 7.11 Å².